The van der Waals surface area contributed by atoms with Crippen LogP contribution in [0.3, 0.4) is 0 Å². The average molecular weight is 277 g/mol. The Morgan fingerprint density at radius 2 is 2.25 bits per heavy atom. The van der Waals surface area contributed by atoms with E-state index in [4.69, 9.17) is 0 Å². The van der Waals surface area contributed by atoms with Crippen molar-refractivity contribution in [3.8, 4) is 0 Å². The summed E-state index contributed by atoms with van der Waals surface area (Å²) in [6.07, 6.45) is 9.53. The third-order valence-corrected chi connectivity index (χ3v) is 4.70. The summed E-state index contributed by atoms with van der Waals surface area (Å²) in [4.78, 5) is 7.12. The molecule has 0 aromatic carbocycles. The Morgan fingerprint density at radius 1 is 1.30 bits per heavy atom. The number of nitrogens with one attached hydrogen (secondary N) is 1. The number of nitrogens with zero attached hydrogens (tertiary/aromatic N) is 4. The van der Waals surface area contributed by atoms with Gasteiger partial charge in [0.1, 0.15) is 12.2 Å². The molecule has 0 aliphatic carbocycles. The molecule has 0 bridgehead atoms. The number of hydrogen-bond donors (Lipinski definition) is 1. The summed E-state index contributed by atoms with van der Waals surface area (Å²) in [6.45, 7) is 6.54. The zero-order valence-corrected chi connectivity index (χ0v) is 12.6. The second-order valence-electron chi connectivity index (χ2n) is 6.14. The molecule has 20 heavy (non-hydrogen) atoms. The Kier molecular flexibility index (Phi) is 4.68. The van der Waals surface area contributed by atoms with E-state index in [9.17, 15) is 0 Å². The molecule has 5 heteroatoms. The van der Waals surface area contributed by atoms with Crippen molar-refractivity contribution < 1.29 is 0 Å². The van der Waals surface area contributed by atoms with Crippen LogP contribution in [0.2, 0.25) is 0 Å². The maximum Gasteiger partial charge on any atom is 0.141 e. The largest absolute Gasteiger partial charge is 0.312 e. The quantitative estimate of drug-likeness (QED) is 0.891. The van der Waals surface area contributed by atoms with Crippen LogP contribution in [0.1, 0.15) is 51.3 Å². The summed E-state index contributed by atoms with van der Waals surface area (Å²) in [5, 5.41) is 8.05. The van der Waals surface area contributed by atoms with E-state index in [1.807, 2.05) is 0 Å². The second-order valence-corrected chi connectivity index (χ2v) is 6.14. The predicted molar refractivity (Wildman–Crippen MR) is 79.4 cm³/mol. The van der Waals surface area contributed by atoms with E-state index in [1.165, 1.54) is 45.2 Å². The summed E-state index contributed by atoms with van der Waals surface area (Å²) in [5.74, 6) is 1.14. The second kappa shape index (κ2) is 6.68. The third-order valence-electron chi connectivity index (χ3n) is 4.70. The molecule has 2 fully saturated rings. The van der Waals surface area contributed by atoms with Crippen molar-refractivity contribution in [2.45, 2.75) is 70.6 Å². The highest BCUT2D eigenvalue weighted by atomic mass is 15.4. The zero-order chi connectivity index (χ0) is 13.8. The van der Waals surface area contributed by atoms with E-state index in [1.54, 1.807) is 6.33 Å². The molecule has 3 rings (SSSR count). The van der Waals surface area contributed by atoms with Crippen molar-refractivity contribution in [2.24, 2.45) is 0 Å². The first kappa shape index (κ1) is 14.0. The van der Waals surface area contributed by atoms with Gasteiger partial charge in [0.2, 0.25) is 0 Å². The minimum absolute atomic E-state index is 0.692. The smallest absolute Gasteiger partial charge is 0.141 e. The Balaban J connectivity index is 1.68. The van der Waals surface area contributed by atoms with Crippen molar-refractivity contribution in [1.82, 2.24) is 25.0 Å². The molecule has 1 aromatic heterocycles. The number of hydrogen-bond acceptors (Lipinski definition) is 4. The Labute approximate surface area is 121 Å². The third kappa shape index (κ3) is 3.04. The summed E-state index contributed by atoms with van der Waals surface area (Å²) >= 11 is 0. The van der Waals surface area contributed by atoms with Crippen molar-refractivity contribution in [2.75, 3.05) is 13.1 Å². The van der Waals surface area contributed by atoms with E-state index >= 15 is 0 Å². The summed E-state index contributed by atoms with van der Waals surface area (Å²) < 4.78 is 2.08. The van der Waals surface area contributed by atoms with Gasteiger partial charge in [-0.1, -0.05) is 13.3 Å². The van der Waals surface area contributed by atoms with E-state index in [-0.39, 0.29) is 0 Å². The first-order valence-corrected chi connectivity index (χ1v) is 8.22. The number of rotatable bonds is 5. The van der Waals surface area contributed by atoms with Gasteiger partial charge in [0.05, 0.1) is 6.54 Å². The summed E-state index contributed by atoms with van der Waals surface area (Å²) in [6, 6.07) is 1.39. The Bertz CT molecular complexity index is 410. The fourth-order valence-electron chi connectivity index (χ4n) is 3.70. The molecule has 5 nitrogen and oxygen atoms in total. The molecule has 2 saturated heterocycles. The molecular formula is C15H27N5. The Morgan fingerprint density at radius 3 is 3.05 bits per heavy atom. The van der Waals surface area contributed by atoms with Gasteiger partial charge >= 0.3 is 0 Å². The summed E-state index contributed by atoms with van der Waals surface area (Å²) in [5.41, 5.74) is 0. The van der Waals surface area contributed by atoms with Crippen LogP contribution in [0.15, 0.2) is 6.33 Å². The standard InChI is InChI=1S/C15H27N5/c1-2-9-20-15(17-12-18-20)11-19-10-4-3-7-14(19)13-6-5-8-16-13/h12-14,16H,2-11H2,1H3. The lowest BCUT2D eigenvalue weighted by molar-refractivity contribution is 0.107. The van der Waals surface area contributed by atoms with Crippen LogP contribution >= 0.6 is 0 Å². The van der Waals surface area contributed by atoms with E-state index in [0.717, 1.165) is 25.3 Å². The number of likely N-dealkylation sites (tertiary alicyclic amines) is 1. The van der Waals surface area contributed by atoms with Gasteiger partial charge in [-0.15, -0.1) is 0 Å². The van der Waals surface area contributed by atoms with Crippen molar-refractivity contribution >= 4 is 0 Å². The van der Waals surface area contributed by atoms with Crippen LogP contribution in [0, 0.1) is 0 Å². The lowest BCUT2D eigenvalue weighted by Gasteiger charge is -2.39. The van der Waals surface area contributed by atoms with Gasteiger partial charge in [-0.25, -0.2) is 9.67 Å². The van der Waals surface area contributed by atoms with Crippen LogP contribution in [0.5, 0.6) is 0 Å². The Hall–Kier alpha value is -0.940. The molecular weight excluding hydrogens is 250 g/mol. The van der Waals surface area contributed by atoms with Crippen molar-refractivity contribution in [3.63, 3.8) is 0 Å². The van der Waals surface area contributed by atoms with Gasteiger partial charge in [0, 0.05) is 18.6 Å². The molecule has 1 N–H and O–H groups in total. The van der Waals surface area contributed by atoms with Gasteiger partial charge in [-0.2, -0.15) is 5.10 Å². The molecule has 3 heterocycles. The monoisotopic (exact) mass is 277 g/mol. The highest BCUT2D eigenvalue weighted by Crippen LogP contribution is 2.25. The van der Waals surface area contributed by atoms with Crippen LogP contribution in [-0.2, 0) is 13.1 Å². The maximum absolute atomic E-state index is 4.48. The fraction of sp³-hybridized carbons (Fsp3) is 0.867. The van der Waals surface area contributed by atoms with Gasteiger partial charge in [0.15, 0.2) is 0 Å². The molecule has 0 spiro atoms. The fourth-order valence-corrected chi connectivity index (χ4v) is 3.70. The van der Waals surface area contributed by atoms with E-state index in [2.05, 4.69) is 31.9 Å². The highest BCUT2D eigenvalue weighted by Gasteiger charge is 2.32. The van der Waals surface area contributed by atoms with Gasteiger partial charge < -0.3 is 5.32 Å². The van der Waals surface area contributed by atoms with E-state index < -0.39 is 0 Å². The zero-order valence-electron chi connectivity index (χ0n) is 12.6. The molecule has 112 valence electrons. The van der Waals surface area contributed by atoms with Crippen LogP contribution in [0.25, 0.3) is 0 Å². The minimum atomic E-state index is 0.692. The maximum atomic E-state index is 4.48. The normalized spacial score (nSPS) is 28.1. The molecule has 0 saturated carbocycles. The minimum Gasteiger partial charge on any atom is -0.312 e. The van der Waals surface area contributed by atoms with E-state index in [0.29, 0.717) is 12.1 Å². The number of aromatic nitrogens is 3. The lowest BCUT2D eigenvalue weighted by Crippen LogP contribution is -2.50. The highest BCUT2D eigenvalue weighted by molar-refractivity contribution is 4.94. The number of aryl methyl sites for hydroxylation is 1. The van der Waals surface area contributed by atoms with Crippen LogP contribution < -0.4 is 5.32 Å². The van der Waals surface area contributed by atoms with Gasteiger partial charge in [-0.3, -0.25) is 4.90 Å². The topological polar surface area (TPSA) is 46.0 Å². The lowest BCUT2D eigenvalue weighted by atomic mass is 9.94. The van der Waals surface area contributed by atoms with Crippen molar-refractivity contribution in [1.29, 1.82) is 0 Å². The van der Waals surface area contributed by atoms with Crippen LogP contribution in [-0.4, -0.2) is 44.8 Å². The van der Waals surface area contributed by atoms with Crippen molar-refractivity contribution in [3.05, 3.63) is 12.2 Å². The SMILES string of the molecule is CCCn1ncnc1CN1CCCCC1C1CCCN1. The molecule has 2 aliphatic heterocycles. The first-order valence-electron chi connectivity index (χ1n) is 8.22. The molecule has 0 radical (unpaired) electrons. The number of piperidine rings is 1. The van der Waals surface area contributed by atoms with Gasteiger partial charge in [-0.05, 0) is 45.2 Å². The molecule has 0 amide bonds. The van der Waals surface area contributed by atoms with Gasteiger partial charge in [0.25, 0.3) is 0 Å². The molecule has 1 aromatic rings. The van der Waals surface area contributed by atoms with Crippen LogP contribution in [0.4, 0.5) is 0 Å². The summed E-state index contributed by atoms with van der Waals surface area (Å²) in [7, 11) is 0. The molecule has 2 atom stereocenters. The average Bonchev–Trinajstić information content (AvgIpc) is 3.12. The first-order chi connectivity index (χ1) is 9.88. The predicted octanol–water partition coefficient (Wildman–Crippen LogP) is 1.79. The molecule has 2 aliphatic rings. The molecule has 2 unspecified atom stereocenters.